The van der Waals surface area contributed by atoms with E-state index < -0.39 is 0 Å². The molecule has 0 N–H and O–H groups in total. The van der Waals surface area contributed by atoms with Crippen molar-refractivity contribution in [1.82, 2.24) is 9.97 Å². The van der Waals surface area contributed by atoms with Crippen molar-refractivity contribution < 1.29 is 4.74 Å². The van der Waals surface area contributed by atoms with Gasteiger partial charge in [-0.2, -0.15) is 0 Å². The van der Waals surface area contributed by atoms with E-state index in [1.165, 1.54) is 22.2 Å². The van der Waals surface area contributed by atoms with Crippen LogP contribution in [0.4, 0.5) is 5.69 Å². The monoisotopic (exact) mass is 353 g/mol. The maximum absolute atomic E-state index is 6.12. The number of pyridine rings is 1. The van der Waals surface area contributed by atoms with Gasteiger partial charge in [-0.25, -0.2) is 4.98 Å². The van der Waals surface area contributed by atoms with Crippen LogP contribution in [0.3, 0.4) is 0 Å². The molecule has 1 unspecified atom stereocenters. The zero-order chi connectivity index (χ0) is 17.4. The van der Waals surface area contributed by atoms with Crippen LogP contribution in [-0.2, 0) is 11.3 Å². The first-order chi connectivity index (χ1) is 12.1. The molecule has 5 heteroatoms. The third kappa shape index (κ3) is 3.26. The summed E-state index contributed by atoms with van der Waals surface area (Å²) in [5.41, 5.74) is 5.91. The zero-order valence-corrected chi connectivity index (χ0v) is 15.8. The molecule has 1 saturated heterocycles. The standard InChI is InChI=1S/C20H23N3OS/c1-13-5-4-6-18-19(13)21-9-14(2)20(18)23-8-7-17(10-23)24-11-16-12-25-15(3)22-16/h4-6,9,12,17H,7-8,10-11H2,1-3H3. The Morgan fingerprint density at radius 2 is 2.12 bits per heavy atom. The van der Waals surface area contributed by atoms with Gasteiger partial charge in [-0.1, -0.05) is 18.2 Å². The molecule has 0 amide bonds. The Kier molecular flexibility index (Phi) is 4.44. The van der Waals surface area contributed by atoms with Gasteiger partial charge in [0.05, 0.1) is 34.6 Å². The lowest BCUT2D eigenvalue weighted by Gasteiger charge is -2.23. The molecule has 0 spiro atoms. The van der Waals surface area contributed by atoms with Gasteiger partial charge in [0, 0.05) is 30.1 Å². The molecule has 0 aliphatic carbocycles. The van der Waals surface area contributed by atoms with Crippen LogP contribution in [0.1, 0.15) is 28.2 Å². The molecule has 0 radical (unpaired) electrons. The summed E-state index contributed by atoms with van der Waals surface area (Å²) in [7, 11) is 0. The highest BCUT2D eigenvalue weighted by atomic mass is 32.1. The molecule has 1 fully saturated rings. The molecule has 0 bridgehead atoms. The van der Waals surface area contributed by atoms with Crippen LogP contribution in [0.25, 0.3) is 10.9 Å². The predicted molar refractivity (Wildman–Crippen MR) is 103 cm³/mol. The quantitative estimate of drug-likeness (QED) is 0.696. The minimum Gasteiger partial charge on any atom is -0.370 e. The molecule has 0 saturated carbocycles. The first-order valence-electron chi connectivity index (χ1n) is 8.74. The van der Waals surface area contributed by atoms with E-state index >= 15 is 0 Å². The lowest BCUT2D eigenvalue weighted by atomic mass is 10.1. The van der Waals surface area contributed by atoms with Crippen molar-refractivity contribution in [3.8, 4) is 0 Å². The lowest BCUT2D eigenvalue weighted by Crippen LogP contribution is -2.24. The average molecular weight is 353 g/mol. The largest absolute Gasteiger partial charge is 0.370 e. The van der Waals surface area contributed by atoms with Gasteiger partial charge < -0.3 is 9.64 Å². The van der Waals surface area contributed by atoms with E-state index in [2.05, 4.69) is 52.3 Å². The number of nitrogens with zero attached hydrogens (tertiary/aromatic N) is 3. The van der Waals surface area contributed by atoms with E-state index in [0.717, 1.165) is 35.7 Å². The molecule has 3 heterocycles. The molecule has 1 aromatic carbocycles. The Morgan fingerprint density at radius 3 is 2.92 bits per heavy atom. The van der Waals surface area contributed by atoms with Gasteiger partial charge in [0.25, 0.3) is 0 Å². The topological polar surface area (TPSA) is 38.2 Å². The summed E-state index contributed by atoms with van der Waals surface area (Å²) >= 11 is 1.68. The number of para-hydroxylation sites is 1. The first-order valence-corrected chi connectivity index (χ1v) is 9.62. The second-order valence-corrected chi connectivity index (χ2v) is 7.85. The van der Waals surface area contributed by atoms with E-state index in [4.69, 9.17) is 4.74 Å². The van der Waals surface area contributed by atoms with Crippen LogP contribution in [0.2, 0.25) is 0 Å². The summed E-state index contributed by atoms with van der Waals surface area (Å²) < 4.78 is 6.12. The highest BCUT2D eigenvalue weighted by molar-refractivity contribution is 7.09. The van der Waals surface area contributed by atoms with E-state index in [0.29, 0.717) is 6.61 Å². The first kappa shape index (κ1) is 16.5. The summed E-state index contributed by atoms with van der Waals surface area (Å²) in [6, 6.07) is 6.43. The summed E-state index contributed by atoms with van der Waals surface area (Å²) in [4.78, 5) is 11.6. The molecular formula is C20H23N3OS. The molecular weight excluding hydrogens is 330 g/mol. The van der Waals surface area contributed by atoms with E-state index in [1.807, 2.05) is 13.1 Å². The predicted octanol–water partition coefficient (Wildman–Crippen LogP) is 4.41. The van der Waals surface area contributed by atoms with Crippen LogP contribution >= 0.6 is 11.3 Å². The van der Waals surface area contributed by atoms with Crippen molar-refractivity contribution in [1.29, 1.82) is 0 Å². The fraction of sp³-hybridized carbons (Fsp3) is 0.400. The second kappa shape index (κ2) is 6.73. The fourth-order valence-electron chi connectivity index (χ4n) is 3.62. The van der Waals surface area contributed by atoms with Gasteiger partial charge in [-0.3, -0.25) is 4.98 Å². The van der Waals surface area contributed by atoms with Crippen LogP contribution < -0.4 is 4.90 Å². The molecule has 1 aliphatic rings. The molecule has 1 atom stereocenters. The number of aryl methyl sites for hydroxylation is 3. The number of fused-ring (bicyclic) bond motifs is 1. The van der Waals surface area contributed by atoms with Crippen LogP contribution in [0, 0.1) is 20.8 Å². The third-order valence-corrected chi connectivity index (χ3v) is 5.67. The smallest absolute Gasteiger partial charge is 0.0901 e. The van der Waals surface area contributed by atoms with Gasteiger partial charge in [-0.15, -0.1) is 11.3 Å². The fourth-order valence-corrected chi connectivity index (χ4v) is 4.22. The van der Waals surface area contributed by atoms with Gasteiger partial charge in [0.1, 0.15) is 0 Å². The van der Waals surface area contributed by atoms with Gasteiger partial charge in [-0.05, 0) is 38.3 Å². The highest BCUT2D eigenvalue weighted by Gasteiger charge is 2.26. The number of rotatable bonds is 4. The number of aromatic nitrogens is 2. The SMILES string of the molecule is Cc1nc(COC2CCN(c3c(C)cnc4c(C)cccc34)C2)cs1. The Bertz CT molecular complexity index is 905. The number of ether oxygens (including phenoxy) is 1. The Labute approximate surface area is 152 Å². The van der Waals surface area contributed by atoms with Crippen LogP contribution in [-0.4, -0.2) is 29.2 Å². The Morgan fingerprint density at radius 1 is 1.24 bits per heavy atom. The third-order valence-electron chi connectivity index (χ3n) is 4.85. The minimum absolute atomic E-state index is 0.259. The van der Waals surface area contributed by atoms with Gasteiger partial charge >= 0.3 is 0 Å². The van der Waals surface area contributed by atoms with E-state index in [1.54, 1.807) is 11.3 Å². The van der Waals surface area contributed by atoms with E-state index in [9.17, 15) is 0 Å². The second-order valence-electron chi connectivity index (χ2n) is 6.79. The maximum atomic E-state index is 6.12. The molecule has 1 aliphatic heterocycles. The molecule has 130 valence electrons. The average Bonchev–Trinajstić information content (AvgIpc) is 3.22. The molecule has 4 rings (SSSR count). The molecule has 2 aromatic heterocycles. The van der Waals surface area contributed by atoms with Crippen molar-refractivity contribution in [2.24, 2.45) is 0 Å². The highest BCUT2D eigenvalue weighted by Crippen LogP contribution is 2.33. The van der Waals surface area contributed by atoms with E-state index in [-0.39, 0.29) is 6.10 Å². The summed E-state index contributed by atoms with van der Waals surface area (Å²) in [6.45, 7) is 8.87. The summed E-state index contributed by atoms with van der Waals surface area (Å²) in [6.07, 6.45) is 3.31. The molecule has 25 heavy (non-hydrogen) atoms. The van der Waals surface area contributed by atoms with Crippen molar-refractivity contribution in [3.63, 3.8) is 0 Å². The Balaban J connectivity index is 1.52. The number of anilines is 1. The number of hydrogen-bond donors (Lipinski definition) is 0. The Hall–Kier alpha value is -1.98. The minimum atomic E-state index is 0.259. The van der Waals surface area contributed by atoms with Crippen molar-refractivity contribution >= 4 is 27.9 Å². The summed E-state index contributed by atoms with van der Waals surface area (Å²) in [5.74, 6) is 0. The maximum Gasteiger partial charge on any atom is 0.0901 e. The van der Waals surface area contributed by atoms with Crippen molar-refractivity contribution in [2.75, 3.05) is 18.0 Å². The number of thiazole rings is 1. The lowest BCUT2D eigenvalue weighted by molar-refractivity contribution is 0.0536. The normalized spacial score (nSPS) is 17.6. The van der Waals surface area contributed by atoms with Gasteiger partial charge in [0.15, 0.2) is 0 Å². The van der Waals surface area contributed by atoms with Crippen LogP contribution in [0.5, 0.6) is 0 Å². The van der Waals surface area contributed by atoms with Gasteiger partial charge in [0.2, 0.25) is 0 Å². The summed E-state index contributed by atoms with van der Waals surface area (Å²) in [5, 5.41) is 4.43. The van der Waals surface area contributed by atoms with Crippen molar-refractivity contribution in [2.45, 2.75) is 39.9 Å². The number of hydrogen-bond acceptors (Lipinski definition) is 5. The molecule has 3 aromatic rings. The van der Waals surface area contributed by atoms with Crippen molar-refractivity contribution in [3.05, 3.63) is 51.6 Å². The molecule has 4 nitrogen and oxygen atoms in total. The number of benzene rings is 1. The zero-order valence-electron chi connectivity index (χ0n) is 15.0. The van der Waals surface area contributed by atoms with Crippen LogP contribution in [0.15, 0.2) is 29.8 Å².